The molecule has 0 radical (unpaired) electrons. The molecule has 3 aromatic rings. The first-order valence-corrected chi connectivity index (χ1v) is 7.82. The first-order chi connectivity index (χ1) is 11.7. The van der Waals surface area contributed by atoms with Crippen LogP contribution in [0.2, 0.25) is 0 Å². The highest BCUT2D eigenvalue weighted by Crippen LogP contribution is 2.38. The third kappa shape index (κ3) is 2.74. The summed E-state index contributed by atoms with van der Waals surface area (Å²) in [5.41, 5.74) is 4.32. The predicted molar refractivity (Wildman–Crippen MR) is 91.2 cm³/mol. The standard InChI is InChI=1S/C18H16N4O2/c23-17-8-7-11-3-1-2-4-13(11)14(17)10-19-22-18(24)16-9-15(20-21-16)12-5-6-12/h1-4,7-10,12,23H,5-6H2,(H,20,21)(H,22,24)/b19-10+. The van der Waals surface area contributed by atoms with E-state index in [0.29, 0.717) is 17.2 Å². The van der Waals surface area contributed by atoms with Gasteiger partial charge in [0.1, 0.15) is 5.75 Å². The molecule has 3 N–H and O–H groups in total. The molecule has 1 amide bonds. The number of nitrogens with one attached hydrogen (secondary N) is 2. The number of H-pyrrole nitrogens is 1. The lowest BCUT2D eigenvalue weighted by molar-refractivity contribution is 0.0950. The lowest BCUT2D eigenvalue weighted by atomic mass is 10.0. The fourth-order valence-corrected chi connectivity index (χ4v) is 2.69. The van der Waals surface area contributed by atoms with Crippen molar-refractivity contribution in [2.45, 2.75) is 18.8 Å². The van der Waals surface area contributed by atoms with E-state index in [9.17, 15) is 9.90 Å². The van der Waals surface area contributed by atoms with Crippen LogP contribution >= 0.6 is 0 Å². The number of amides is 1. The van der Waals surface area contributed by atoms with Gasteiger partial charge in [0.05, 0.1) is 6.21 Å². The largest absolute Gasteiger partial charge is 0.507 e. The van der Waals surface area contributed by atoms with Crippen molar-refractivity contribution >= 4 is 22.9 Å². The molecule has 6 heteroatoms. The second kappa shape index (κ2) is 5.81. The molecule has 0 bridgehead atoms. The lowest BCUT2D eigenvalue weighted by Crippen LogP contribution is -2.18. The van der Waals surface area contributed by atoms with E-state index in [-0.39, 0.29) is 11.7 Å². The summed E-state index contributed by atoms with van der Waals surface area (Å²) in [5, 5.41) is 22.8. The number of hydrogen-bond donors (Lipinski definition) is 3. The second-order valence-electron chi connectivity index (χ2n) is 5.90. The Morgan fingerprint density at radius 3 is 2.96 bits per heavy atom. The molecule has 0 spiro atoms. The minimum atomic E-state index is -0.380. The number of aromatic nitrogens is 2. The van der Waals surface area contributed by atoms with E-state index in [2.05, 4.69) is 20.7 Å². The van der Waals surface area contributed by atoms with Gasteiger partial charge in [-0.2, -0.15) is 10.2 Å². The molecule has 1 aliphatic rings. The molecular weight excluding hydrogens is 304 g/mol. The monoisotopic (exact) mass is 320 g/mol. The lowest BCUT2D eigenvalue weighted by Gasteiger charge is -2.04. The number of benzene rings is 2. The van der Waals surface area contributed by atoms with Crippen molar-refractivity contribution in [3.05, 3.63) is 59.4 Å². The van der Waals surface area contributed by atoms with Crippen LogP contribution in [0.1, 0.15) is 40.5 Å². The van der Waals surface area contributed by atoms with Crippen molar-refractivity contribution in [1.82, 2.24) is 15.6 Å². The van der Waals surface area contributed by atoms with Crippen molar-refractivity contribution < 1.29 is 9.90 Å². The molecular formula is C18H16N4O2. The van der Waals surface area contributed by atoms with Gasteiger partial charge < -0.3 is 5.11 Å². The van der Waals surface area contributed by atoms with Crippen molar-refractivity contribution in [3.8, 4) is 5.75 Å². The van der Waals surface area contributed by atoms with Crippen molar-refractivity contribution in [2.24, 2.45) is 5.10 Å². The Morgan fingerprint density at radius 1 is 1.29 bits per heavy atom. The topological polar surface area (TPSA) is 90.4 Å². The summed E-state index contributed by atoms with van der Waals surface area (Å²) >= 11 is 0. The third-order valence-electron chi connectivity index (χ3n) is 4.15. The number of aromatic amines is 1. The average Bonchev–Trinajstić information content (AvgIpc) is 3.33. The predicted octanol–water partition coefficient (Wildman–Crippen LogP) is 2.91. The van der Waals surface area contributed by atoms with Crippen LogP contribution in [-0.2, 0) is 0 Å². The summed E-state index contributed by atoms with van der Waals surface area (Å²) in [5.74, 6) is 0.242. The third-order valence-corrected chi connectivity index (χ3v) is 4.15. The van der Waals surface area contributed by atoms with Crippen LogP contribution in [0.5, 0.6) is 5.75 Å². The molecule has 0 saturated heterocycles. The van der Waals surface area contributed by atoms with Crippen LogP contribution in [0.3, 0.4) is 0 Å². The summed E-state index contributed by atoms with van der Waals surface area (Å²) < 4.78 is 0. The number of hydrazone groups is 1. The van der Waals surface area contributed by atoms with Crippen LogP contribution < -0.4 is 5.43 Å². The van der Waals surface area contributed by atoms with Crippen molar-refractivity contribution in [2.75, 3.05) is 0 Å². The number of hydrogen-bond acceptors (Lipinski definition) is 4. The molecule has 1 fully saturated rings. The summed E-state index contributed by atoms with van der Waals surface area (Å²) in [6, 6.07) is 12.9. The number of nitrogens with zero attached hydrogens (tertiary/aromatic N) is 2. The fourth-order valence-electron chi connectivity index (χ4n) is 2.69. The molecule has 24 heavy (non-hydrogen) atoms. The van der Waals surface area contributed by atoms with E-state index in [4.69, 9.17) is 0 Å². The number of carbonyl (C=O) groups is 1. The highest BCUT2D eigenvalue weighted by Gasteiger charge is 2.26. The van der Waals surface area contributed by atoms with Gasteiger partial charge in [-0.25, -0.2) is 5.43 Å². The molecule has 6 nitrogen and oxygen atoms in total. The molecule has 1 aromatic heterocycles. The molecule has 4 rings (SSSR count). The maximum atomic E-state index is 12.1. The Bertz CT molecular complexity index is 941. The molecule has 1 heterocycles. The van der Waals surface area contributed by atoms with Gasteiger partial charge in [0, 0.05) is 17.2 Å². The molecule has 0 atom stereocenters. The average molecular weight is 320 g/mol. The maximum absolute atomic E-state index is 12.1. The van der Waals surface area contributed by atoms with E-state index in [0.717, 1.165) is 29.3 Å². The fraction of sp³-hybridized carbons (Fsp3) is 0.167. The Hall–Kier alpha value is -3.15. The van der Waals surface area contributed by atoms with Crippen LogP contribution in [0.15, 0.2) is 47.6 Å². The number of phenols is 1. The molecule has 120 valence electrons. The number of aromatic hydroxyl groups is 1. The van der Waals surface area contributed by atoms with E-state index in [1.807, 2.05) is 30.3 Å². The first kappa shape index (κ1) is 14.4. The van der Waals surface area contributed by atoms with Crippen LogP contribution in [-0.4, -0.2) is 27.4 Å². The number of fused-ring (bicyclic) bond motifs is 1. The van der Waals surface area contributed by atoms with Gasteiger partial charge in [0.25, 0.3) is 5.91 Å². The van der Waals surface area contributed by atoms with Crippen LogP contribution in [0.25, 0.3) is 10.8 Å². The highest BCUT2D eigenvalue weighted by molar-refractivity contribution is 6.03. The smallest absolute Gasteiger partial charge is 0.291 e. The summed E-state index contributed by atoms with van der Waals surface area (Å²) in [7, 11) is 0. The Balaban J connectivity index is 1.52. The van der Waals surface area contributed by atoms with Gasteiger partial charge in [-0.3, -0.25) is 9.89 Å². The van der Waals surface area contributed by atoms with Gasteiger partial charge >= 0.3 is 0 Å². The highest BCUT2D eigenvalue weighted by atomic mass is 16.3. The first-order valence-electron chi connectivity index (χ1n) is 7.82. The molecule has 0 aliphatic heterocycles. The number of rotatable bonds is 4. The normalized spacial score (nSPS) is 14.3. The number of phenolic OH excluding ortho intramolecular Hbond substituents is 1. The molecule has 2 aromatic carbocycles. The van der Waals surface area contributed by atoms with E-state index < -0.39 is 0 Å². The Labute approximate surface area is 138 Å². The Kier molecular flexibility index (Phi) is 3.49. The van der Waals surface area contributed by atoms with E-state index in [1.54, 1.807) is 12.1 Å². The van der Waals surface area contributed by atoms with Crippen molar-refractivity contribution in [3.63, 3.8) is 0 Å². The summed E-state index contributed by atoms with van der Waals surface area (Å²) in [6.07, 6.45) is 3.73. The van der Waals surface area contributed by atoms with Gasteiger partial charge in [0.2, 0.25) is 0 Å². The van der Waals surface area contributed by atoms with Crippen molar-refractivity contribution in [1.29, 1.82) is 0 Å². The van der Waals surface area contributed by atoms with Gasteiger partial charge in [-0.1, -0.05) is 30.3 Å². The maximum Gasteiger partial charge on any atom is 0.291 e. The van der Waals surface area contributed by atoms with E-state index in [1.165, 1.54) is 6.21 Å². The van der Waals surface area contributed by atoms with Crippen LogP contribution in [0, 0.1) is 0 Å². The SMILES string of the molecule is O=C(N/N=C/c1c(O)ccc2ccccc12)c1cc(C2CC2)[nH]n1. The number of carbonyl (C=O) groups excluding carboxylic acids is 1. The molecule has 1 saturated carbocycles. The van der Waals surface area contributed by atoms with Gasteiger partial charge in [-0.15, -0.1) is 0 Å². The van der Waals surface area contributed by atoms with Crippen LogP contribution in [0.4, 0.5) is 0 Å². The Morgan fingerprint density at radius 2 is 2.12 bits per heavy atom. The zero-order chi connectivity index (χ0) is 16.5. The minimum Gasteiger partial charge on any atom is -0.507 e. The minimum absolute atomic E-state index is 0.113. The summed E-state index contributed by atoms with van der Waals surface area (Å²) in [4.78, 5) is 12.1. The summed E-state index contributed by atoms with van der Waals surface area (Å²) in [6.45, 7) is 0. The van der Waals surface area contributed by atoms with Gasteiger partial charge in [0.15, 0.2) is 5.69 Å². The second-order valence-corrected chi connectivity index (χ2v) is 5.90. The molecule has 0 unspecified atom stereocenters. The van der Waals surface area contributed by atoms with Gasteiger partial charge in [-0.05, 0) is 35.7 Å². The zero-order valence-corrected chi connectivity index (χ0v) is 12.9. The quantitative estimate of drug-likeness (QED) is 0.510. The molecule has 1 aliphatic carbocycles. The van der Waals surface area contributed by atoms with E-state index >= 15 is 0 Å². The zero-order valence-electron chi connectivity index (χ0n) is 12.9.